The first-order valence-electron chi connectivity index (χ1n) is 11.0. The van der Waals surface area contributed by atoms with Gasteiger partial charge in [0.2, 0.25) is 0 Å². The van der Waals surface area contributed by atoms with E-state index in [4.69, 9.17) is 5.11 Å². The SMILES string of the molecule is C[C@@H]1Cc2c([nH]c3ccccc23)[C@@H](c2c(F)cc(C=CC(=O)O)cc2F)N1CC1(C#N)CC1. The van der Waals surface area contributed by atoms with Crippen LogP contribution in [0, 0.1) is 28.4 Å². The van der Waals surface area contributed by atoms with Crippen molar-refractivity contribution in [2.45, 2.75) is 38.3 Å². The van der Waals surface area contributed by atoms with Gasteiger partial charge in [-0.3, -0.25) is 4.90 Å². The molecule has 5 nitrogen and oxygen atoms in total. The standard InChI is InChI=1S/C26H23F2N3O2/c1-15-10-18-17-4-2-3-5-21(17)30-24(18)25(31(15)14-26(13-29)8-9-26)23-19(27)11-16(12-20(23)28)6-7-22(32)33/h2-7,11-12,15,25,30H,8-10,14H2,1H3,(H,32,33)/t15-,25-/m1/s1. The number of carboxylic acid groups (broad SMARTS) is 1. The highest BCUT2D eigenvalue weighted by atomic mass is 19.1. The number of nitrogens with one attached hydrogen (secondary N) is 1. The fraction of sp³-hybridized carbons (Fsp3) is 0.308. The fourth-order valence-corrected chi connectivity index (χ4v) is 5.00. The van der Waals surface area contributed by atoms with Crippen molar-refractivity contribution in [3.63, 3.8) is 0 Å². The Morgan fingerprint density at radius 1 is 1.30 bits per heavy atom. The van der Waals surface area contributed by atoms with E-state index in [1.807, 2.05) is 36.1 Å². The predicted octanol–water partition coefficient (Wildman–Crippen LogP) is 5.18. The number of benzene rings is 2. The molecule has 2 atom stereocenters. The Kier molecular flexibility index (Phi) is 5.06. The zero-order valence-corrected chi connectivity index (χ0v) is 18.1. The molecule has 0 spiro atoms. The second-order valence-corrected chi connectivity index (χ2v) is 9.15. The van der Waals surface area contributed by atoms with Gasteiger partial charge in [-0.05, 0) is 61.6 Å². The Bertz CT molecular complexity index is 1310. The Labute approximate surface area is 189 Å². The summed E-state index contributed by atoms with van der Waals surface area (Å²) in [5, 5.41) is 19.6. The van der Waals surface area contributed by atoms with Crippen LogP contribution in [0.15, 0.2) is 42.5 Å². The second-order valence-electron chi connectivity index (χ2n) is 9.15. The van der Waals surface area contributed by atoms with E-state index in [1.165, 1.54) is 6.08 Å². The molecule has 2 heterocycles. The summed E-state index contributed by atoms with van der Waals surface area (Å²) in [4.78, 5) is 16.3. The van der Waals surface area contributed by atoms with Gasteiger partial charge in [-0.1, -0.05) is 18.2 Å². The summed E-state index contributed by atoms with van der Waals surface area (Å²) in [6.45, 7) is 2.47. The largest absolute Gasteiger partial charge is 0.478 e. The van der Waals surface area contributed by atoms with Crippen molar-refractivity contribution in [3.05, 3.63) is 76.5 Å². The number of para-hydroxylation sites is 1. The van der Waals surface area contributed by atoms with Crippen molar-refractivity contribution in [2.75, 3.05) is 6.54 Å². The van der Waals surface area contributed by atoms with Gasteiger partial charge < -0.3 is 10.1 Å². The van der Waals surface area contributed by atoms with Gasteiger partial charge >= 0.3 is 5.97 Å². The summed E-state index contributed by atoms with van der Waals surface area (Å²) in [5.74, 6) is -2.67. The first-order chi connectivity index (χ1) is 15.8. The van der Waals surface area contributed by atoms with Crippen LogP contribution in [0.2, 0.25) is 0 Å². The normalized spacial score (nSPS) is 21.8. The number of halogens is 2. The van der Waals surface area contributed by atoms with Crippen LogP contribution >= 0.6 is 0 Å². The van der Waals surface area contributed by atoms with E-state index in [9.17, 15) is 10.1 Å². The van der Waals surface area contributed by atoms with Crippen LogP contribution in [0.4, 0.5) is 8.78 Å². The summed E-state index contributed by atoms with van der Waals surface area (Å²) in [7, 11) is 0. The lowest BCUT2D eigenvalue weighted by atomic mass is 9.86. The minimum Gasteiger partial charge on any atom is -0.478 e. The van der Waals surface area contributed by atoms with E-state index in [2.05, 4.69) is 11.1 Å². The number of hydrogen-bond donors (Lipinski definition) is 2. The van der Waals surface area contributed by atoms with E-state index >= 15 is 8.78 Å². The molecule has 33 heavy (non-hydrogen) atoms. The lowest BCUT2D eigenvalue weighted by Gasteiger charge is -2.42. The fourth-order valence-electron chi connectivity index (χ4n) is 5.00. The monoisotopic (exact) mass is 447 g/mol. The van der Waals surface area contributed by atoms with E-state index in [0.717, 1.165) is 53.2 Å². The number of nitrogens with zero attached hydrogens (tertiary/aromatic N) is 2. The van der Waals surface area contributed by atoms with Gasteiger partial charge in [0.25, 0.3) is 0 Å². The molecule has 0 radical (unpaired) electrons. The first-order valence-corrected chi connectivity index (χ1v) is 11.0. The molecule has 1 aromatic heterocycles. The number of aliphatic carboxylic acids is 1. The number of fused-ring (bicyclic) bond motifs is 3. The molecule has 7 heteroatoms. The van der Waals surface area contributed by atoms with Gasteiger partial charge in [0.1, 0.15) is 11.6 Å². The Hall–Kier alpha value is -3.50. The zero-order chi connectivity index (χ0) is 23.3. The molecule has 1 aliphatic carbocycles. The van der Waals surface area contributed by atoms with E-state index in [-0.39, 0.29) is 17.2 Å². The highest BCUT2D eigenvalue weighted by Crippen LogP contribution is 2.50. The van der Waals surface area contributed by atoms with Crippen LogP contribution in [-0.4, -0.2) is 33.5 Å². The number of H-pyrrole nitrogens is 1. The van der Waals surface area contributed by atoms with Gasteiger partial charge in [0.15, 0.2) is 0 Å². The lowest BCUT2D eigenvalue weighted by Crippen LogP contribution is -2.46. The first kappa shape index (κ1) is 21.4. The molecule has 0 unspecified atom stereocenters. The minimum atomic E-state index is -1.19. The molecule has 2 aromatic carbocycles. The van der Waals surface area contributed by atoms with Gasteiger partial charge in [-0.15, -0.1) is 0 Å². The third-order valence-electron chi connectivity index (χ3n) is 6.89. The minimum absolute atomic E-state index is 0.0297. The average Bonchev–Trinajstić information content (AvgIpc) is 3.47. The average molecular weight is 447 g/mol. The molecule has 168 valence electrons. The third-order valence-corrected chi connectivity index (χ3v) is 6.89. The molecule has 0 saturated heterocycles. The highest BCUT2D eigenvalue weighted by molar-refractivity contribution is 5.86. The molecule has 2 aliphatic rings. The lowest BCUT2D eigenvalue weighted by molar-refractivity contribution is -0.131. The molecular weight excluding hydrogens is 424 g/mol. The molecule has 2 N–H and O–H groups in total. The van der Waals surface area contributed by atoms with Crippen molar-refractivity contribution in [1.29, 1.82) is 5.26 Å². The molecule has 5 rings (SSSR count). The van der Waals surface area contributed by atoms with Crippen LogP contribution in [0.25, 0.3) is 17.0 Å². The van der Waals surface area contributed by atoms with Gasteiger partial charge in [-0.25, -0.2) is 13.6 Å². The maximum Gasteiger partial charge on any atom is 0.328 e. The van der Waals surface area contributed by atoms with Crippen molar-refractivity contribution in [1.82, 2.24) is 9.88 Å². The van der Waals surface area contributed by atoms with Crippen LogP contribution in [0.5, 0.6) is 0 Å². The van der Waals surface area contributed by atoms with Crippen LogP contribution in [-0.2, 0) is 11.2 Å². The van der Waals surface area contributed by atoms with E-state index in [1.54, 1.807) is 0 Å². The Morgan fingerprint density at radius 3 is 2.64 bits per heavy atom. The van der Waals surface area contributed by atoms with Gasteiger partial charge in [-0.2, -0.15) is 5.26 Å². The molecule has 1 aliphatic heterocycles. The van der Waals surface area contributed by atoms with Crippen LogP contribution in [0.3, 0.4) is 0 Å². The molecule has 0 amide bonds. The Balaban J connectivity index is 1.68. The highest BCUT2D eigenvalue weighted by Gasteiger charge is 2.49. The molecule has 0 bridgehead atoms. The van der Waals surface area contributed by atoms with Crippen LogP contribution in [0.1, 0.15) is 48.2 Å². The summed E-state index contributed by atoms with van der Waals surface area (Å²) < 4.78 is 30.9. The number of carbonyl (C=O) groups is 1. The summed E-state index contributed by atoms with van der Waals surface area (Å²) in [6.07, 6.45) is 4.29. The van der Waals surface area contributed by atoms with Crippen LogP contribution < -0.4 is 0 Å². The molecule has 3 aromatic rings. The topological polar surface area (TPSA) is 80.1 Å². The number of aromatic amines is 1. The molecule has 1 saturated carbocycles. The van der Waals surface area contributed by atoms with Gasteiger partial charge in [0, 0.05) is 40.8 Å². The number of aromatic nitrogens is 1. The summed E-state index contributed by atoms with van der Waals surface area (Å²) in [5.41, 5.74) is 2.26. The van der Waals surface area contributed by atoms with E-state index in [0.29, 0.717) is 13.0 Å². The predicted molar refractivity (Wildman–Crippen MR) is 120 cm³/mol. The Morgan fingerprint density at radius 2 is 2.00 bits per heavy atom. The maximum absolute atomic E-state index is 15.5. The van der Waals surface area contributed by atoms with Crippen molar-refractivity contribution < 1.29 is 18.7 Å². The molecular formula is C26H23F2N3O2. The van der Waals surface area contributed by atoms with Crippen molar-refractivity contribution in [2.24, 2.45) is 5.41 Å². The summed E-state index contributed by atoms with van der Waals surface area (Å²) >= 11 is 0. The quantitative estimate of drug-likeness (QED) is 0.528. The van der Waals surface area contributed by atoms with Gasteiger partial charge in [0.05, 0.1) is 17.5 Å². The number of hydrogen-bond acceptors (Lipinski definition) is 3. The number of nitriles is 1. The third kappa shape index (κ3) is 3.70. The molecule has 1 fully saturated rings. The van der Waals surface area contributed by atoms with Crippen molar-refractivity contribution >= 4 is 22.9 Å². The summed E-state index contributed by atoms with van der Waals surface area (Å²) in [6, 6.07) is 11.8. The second kappa shape index (κ2) is 7.82. The smallest absolute Gasteiger partial charge is 0.328 e. The van der Waals surface area contributed by atoms with E-state index < -0.39 is 29.1 Å². The number of rotatable bonds is 5. The zero-order valence-electron chi connectivity index (χ0n) is 18.1. The van der Waals surface area contributed by atoms with Crippen molar-refractivity contribution in [3.8, 4) is 6.07 Å². The maximum atomic E-state index is 15.5. The number of carboxylic acids is 1.